The molecule has 160 valence electrons. The minimum absolute atomic E-state index is 0. The van der Waals surface area contributed by atoms with E-state index >= 15 is 0 Å². The first-order chi connectivity index (χ1) is 13.0. The van der Waals surface area contributed by atoms with E-state index in [0.717, 1.165) is 28.5 Å². The Labute approximate surface area is 203 Å². The van der Waals surface area contributed by atoms with E-state index in [1.165, 1.54) is 11.1 Å². The minimum Gasteiger partial charge on any atom is -1.00 e. The van der Waals surface area contributed by atoms with Crippen LogP contribution in [0.4, 0.5) is 5.69 Å². The fourth-order valence-electron chi connectivity index (χ4n) is 3.16. The molecule has 0 radical (unpaired) electrons. The van der Waals surface area contributed by atoms with Gasteiger partial charge in [0.25, 0.3) is 0 Å². The number of hydrogen-bond donors (Lipinski definition) is 0. The molecule has 0 fully saturated rings. The number of para-hydroxylation sites is 1. The summed E-state index contributed by atoms with van der Waals surface area (Å²) >= 11 is 0. The summed E-state index contributed by atoms with van der Waals surface area (Å²) in [6.07, 6.45) is 1.79. The van der Waals surface area contributed by atoms with Crippen molar-refractivity contribution < 1.29 is 41.9 Å². The Morgan fingerprint density at radius 3 is 1.87 bits per heavy atom. The van der Waals surface area contributed by atoms with Crippen LogP contribution in [0.5, 0.6) is 0 Å². The van der Waals surface area contributed by atoms with Crippen molar-refractivity contribution in [2.75, 3.05) is 0 Å². The Morgan fingerprint density at radius 1 is 0.767 bits per heavy atom. The molecule has 0 unspecified atom stereocenters. The molecule has 2 heterocycles. The maximum absolute atomic E-state index is 5.04. The molecule has 0 saturated carbocycles. The van der Waals surface area contributed by atoms with Gasteiger partial charge in [0.15, 0.2) is 0 Å². The molecular formula is C24H27Cl2FeN3. The van der Waals surface area contributed by atoms with E-state index in [-0.39, 0.29) is 41.9 Å². The molecule has 3 aromatic rings. The first kappa shape index (κ1) is 28.3. The summed E-state index contributed by atoms with van der Waals surface area (Å²) in [5.41, 5.74) is 7.18. The van der Waals surface area contributed by atoms with Gasteiger partial charge in [0.05, 0.1) is 28.5 Å². The molecule has 0 atom stereocenters. The summed E-state index contributed by atoms with van der Waals surface area (Å²) in [4.78, 5) is 14.2. The van der Waals surface area contributed by atoms with E-state index in [1.54, 1.807) is 6.20 Å². The molecule has 3 rings (SSSR count). The number of hydrogen-bond acceptors (Lipinski definition) is 3. The van der Waals surface area contributed by atoms with Crippen LogP contribution in [-0.4, -0.2) is 15.7 Å². The second kappa shape index (κ2) is 12.9. The monoisotopic (exact) mass is 483 g/mol. The van der Waals surface area contributed by atoms with Gasteiger partial charge in [-0.1, -0.05) is 58.0 Å². The van der Waals surface area contributed by atoms with Crippen molar-refractivity contribution in [3.05, 3.63) is 77.6 Å². The third-order valence-corrected chi connectivity index (χ3v) is 4.67. The van der Waals surface area contributed by atoms with Crippen LogP contribution in [-0.2, 0) is 17.1 Å². The van der Waals surface area contributed by atoms with Gasteiger partial charge in [-0.3, -0.25) is 9.98 Å². The van der Waals surface area contributed by atoms with Crippen molar-refractivity contribution in [3.63, 3.8) is 0 Å². The number of aromatic nitrogens is 2. The predicted octanol–water partition coefficient (Wildman–Crippen LogP) is 0.537. The summed E-state index contributed by atoms with van der Waals surface area (Å²) < 4.78 is 0. The molecular weight excluding hydrogens is 457 g/mol. The van der Waals surface area contributed by atoms with Crippen LogP contribution in [0.3, 0.4) is 0 Å². The van der Waals surface area contributed by atoms with Crippen LogP contribution in [0.1, 0.15) is 63.3 Å². The molecule has 1 aromatic carbocycles. The molecule has 0 bridgehead atoms. The number of pyridine rings is 2. The zero-order valence-corrected chi connectivity index (χ0v) is 20.5. The maximum Gasteiger partial charge on any atom is 2.00 e. The van der Waals surface area contributed by atoms with Crippen molar-refractivity contribution in [3.8, 4) is 11.4 Å². The average molecular weight is 484 g/mol. The van der Waals surface area contributed by atoms with Crippen LogP contribution >= 0.6 is 0 Å². The summed E-state index contributed by atoms with van der Waals surface area (Å²) in [7, 11) is 0. The molecule has 2 aromatic heterocycles. The Kier molecular flexibility index (Phi) is 12.1. The summed E-state index contributed by atoms with van der Waals surface area (Å²) in [6.45, 7) is 10.9. The molecule has 0 amide bonds. The Bertz CT molecular complexity index is 931. The van der Waals surface area contributed by atoms with E-state index in [1.807, 2.05) is 43.3 Å². The average Bonchev–Trinajstić information content (AvgIpc) is 2.68. The van der Waals surface area contributed by atoms with Gasteiger partial charge in [0, 0.05) is 6.20 Å². The molecule has 0 aliphatic heterocycles. The Morgan fingerprint density at radius 2 is 1.33 bits per heavy atom. The van der Waals surface area contributed by atoms with Gasteiger partial charge >= 0.3 is 17.1 Å². The second-order valence-electron chi connectivity index (χ2n) is 7.41. The van der Waals surface area contributed by atoms with Crippen LogP contribution in [0.25, 0.3) is 11.4 Å². The van der Waals surface area contributed by atoms with Gasteiger partial charge in [-0.25, -0.2) is 4.98 Å². The van der Waals surface area contributed by atoms with Crippen LogP contribution in [0.15, 0.2) is 65.8 Å². The van der Waals surface area contributed by atoms with Gasteiger partial charge in [-0.2, -0.15) is 0 Å². The number of benzene rings is 1. The first-order valence-electron chi connectivity index (χ1n) is 9.54. The van der Waals surface area contributed by atoms with Crippen molar-refractivity contribution in [1.29, 1.82) is 0 Å². The number of halogens is 2. The maximum atomic E-state index is 5.04. The molecule has 0 aliphatic carbocycles. The van der Waals surface area contributed by atoms with Crippen molar-refractivity contribution in [2.45, 2.75) is 46.5 Å². The molecule has 6 heteroatoms. The molecule has 3 nitrogen and oxygen atoms in total. The largest absolute Gasteiger partial charge is 2.00 e. The molecule has 0 N–H and O–H groups in total. The van der Waals surface area contributed by atoms with E-state index in [2.05, 4.69) is 50.9 Å². The minimum atomic E-state index is 0. The number of rotatable bonds is 5. The Balaban J connectivity index is 0.00000280. The Hall–Kier alpha value is -1.71. The number of nitrogens with zero attached hydrogens (tertiary/aromatic N) is 3. The van der Waals surface area contributed by atoms with Crippen molar-refractivity contribution >= 4 is 11.4 Å². The normalized spacial score (nSPS) is 10.8. The third kappa shape index (κ3) is 6.65. The summed E-state index contributed by atoms with van der Waals surface area (Å²) in [5, 5.41) is 0. The van der Waals surface area contributed by atoms with Gasteiger partial charge in [0.2, 0.25) is 0 Å². The van der Waals surface area contributed by atoms with Gasteiger partial charge in [-0.15, -0.1) is 0 Å². The summed E-state index contributed by atoms with van der Waals surface area (Å²) in [5.74, 6) is 0.839. The van der Waals surface area contributed by atoms with Crippen LogP contribution < -0.4 is 24.8 Å². The summed E-state index contributed by atoms with van der Waals surface area (Å²) in [6, 6.07) is 18.4. The van der Waals surface area contributed by atoms with E-state index in [9.17, 15) is 0 Å². The van der Waals surface area contributed by atoms with Gasteiger partial charge in [0.1, 0.15) is 0 Å². The third-order valence-electron chi connectivity index (χ3n) is 4.67. The smallest absolute Gasteiger partial charge is 1.00 e. The van der Waals surface area contributed by atoms with Gasteiger partial charge < -0.3 is 24.8 Å². The molecule has 30 heavy (non-hydrogen) atoms. The zero-order valence-electron chi connectivity index (χ0n) is 17.9. The zero-order chi connectivity index (χ0) is 19.4. The topological polar surface area (TPSA) is 38.1 Å². The second-order valence-corrected chi connectivity index (χ2v) is 7.41. The van der Waals surface area contributed by atoms with Crippen LogP contribution in [0.2, 0.25) is 0 Å². The number of aliphatic imine (C=N–C) groups is 1. The van der Waals surface area contributed by atoms with E-state index in [4.69, 9.17) is 9.98 Å². The molecule has 0 saturated heterocycles. The SMILES string of the molecule is CC(=Nc1c(C(C)C)cccc1C(C)C)c1cccc(-c2ccccn2)n1.[Cl-].[Cl-].[Fe+2]. The standard InChI is InChI=1S/C24H27N3.2ClH.Fe/c1-16(2)19-10-8-11-20(17(3)4)24(19)26-18(5)21-13-9-14-23(27-21)22-12-6-7-15-25-22;;;/h6-17H,1-5H3;2*1H;/q;;;+2/p-2. The van der Waals surface area contributed by atoms with Crippen molar-refractivity contribution in [1.82, 2.24) is 9.97 Å². The van der Waals surface area contributed by atoms with Gasteiger partial charge in [-0.05, 0) is 54.2 Å². The first-order valence-corrected chi connectivity index (χ1v) is 9.54. The molecule has 0 aliphatic rings. The fraction of sp³-hybridized carbons (Fsp3) is 0.292. The quantitative estimate of drug-likeness (QED) is 0.392. The molecule has 0 spiro atoms. The van der Waals surface area contributed by atoms with Crippen LogP contribution in [0, 0.1) is 0 Å². The predicted molar refractivity (Wildman–Crippen MR) is 114 cm³/mol. The fourth-order valence-corrected chi connectivity index (χ4v) is 3.16. The van der Waals surface area contributed by atoms with Crippen molar-refractivity contribution in [2.24, 2.45) is 4.99 Å². The van der Waals surface area contributed by atoms with E-state index < -0.39 is 0 Å². The van der Waals surface area contributed by atoms with E-state index in [0.29, 0.717) is 11.8 Å².